The number of aliphatic hydroxyl groups excluding tert-OH is 1. The van der Waals surface area contributed by atoms with Crippen molar-refractivity contribution in [3.8, 4) is 0 Å². The standard InChI is InChI=1S/C12H21NO3.C11H19NO4.2CH4.4H2S/c1-8-6-10(9(2)14)13(7-8)11(15)16-12(3,4)5;1-7(13)9-5-8(14)6-12(9)10(15)16-11(2,3)4;;;;;;/h8,10H,6-7H2,1-5H3;8-9,14H,5-6H2,1-4H3;2*1H4;4*1H2/t8-,10-;8-,9-;;;;;;/m00....../s1. The molecule has 0 spiro atoms. The number of carbonyl (C=O) groups excluding carboxylic acids is 4. The Bertz CT molecular complexity index is 667. The monoisotopic (exact) mass is 624 g/mol. The van der Waals surface area contributed by atoms with Gasteiger partial charge >= 0.3 is 12.2 Å². The molecule has 4 atom stereocenters. The number of hydrogen-bond donors (Lipinski definition) is 1. The number of Topliss-reactive ketones (excluding diaryl/α,β-unsaturated/α-hetero) is 2. The molecule has 13 heteroatoms. The summed E-state index contributed by atoms with van der Waals surface area (Å²) >= 11 is 0. The van der Waals surface area contributed by atoms with Crippen LogP contribution in [0.15, 0.2) is 0 Å². The summed E-state index contributed by atoms with van der Waals surface area (Å²) < 4.78 is 10.5. The Morgan fingerprint density at radius 3 is 1.32 bits per heavy atom. The average molecular weight is 625 g/mol. The smallest absolute Gasteiger partial charge is 0.410 e. The van der Waals surface area contributed by atoms with E-state index in [1.807, 2.05) is 27.7 Å². The molecule has 0 aromatic heterocycles. The first-order chi connectivity index (χ1) is 14.4. The topological polar surface area (TPSA) is 113 Å². The van der Waals surface area contributed by atoms with E-state index in [0.717, 1.165) is 6.42 Å². The Balaban J connectivity index is -0.000000116. The number of carbonyl (C=O) groups is 4. The molecule has 2 amide bonds. The number of likely N-dealkylation sites (tertiary alicyclic amines) is 2. The fraction of sp³-hybridized carbons (Fsp3) is 0.840. The number of rotatable bonds is 2. The molecule has 2 rings (SSSR count). The summed E-state index contributed by atoms with van der Waals surface area (Å²) in [5.41, 5.74) is -1.10. The highest BCUT2D eigenvalue weighted by Gasteiger charge is 2.39. The summed E-state index contributed by atoms with van der Waals surface area (Å²) in [6, 6.07) is -0.852. The molecular formula is C25H56N2O7S4. The van der Waals surface area contributed by atoms with Gasteiger partial charge in [0, 0.05) is 13.0 Å². The lowest BCUT2D eigenvalue weighted by Crippen LogP contribution is -2.42. The summed E-state index contributed by atoms with van der Waals surface area (Å²) in [4.78, 5) is 49.2. The first kappa shape index (κ1) is 50.1. The van der Waals surface area contributed by atoms with Gasteiger partial charge in [-0.15, -0.1) is 0 Å². The lowest BCUT2D eigenvalue weighted by atomic mass is 10.1. The highest BCUT2D eigenvalue weighted by molar-refractivity contribution is 7.59. The normalized spacial score (nSPS) is 21.6. The maximum atomic E-state index is 11.9. The average Bonchev–Trinajstić information content (AvgIpc) is 3.15. The fourth-order valence-corrected chi connectivity index (χ4v) is 3.68. The van der Waals surface area contributed by atoms with Crippen molar-refractivity contribution in [1.29, 1.82) is 0 Å². The molecule has 0 saturated carbocycles. The molecule has 9 nitrogen and oxygen atoms in total. The SMILES string of the molecule is C.C.CC(=O)[C@@H]1C[C@H](C)CN1C(=O)OC(C)(C)C.CC(=O)[C@@H]1C[C@H](O)CN1C(=O)OC(C)(C)C.S.S.S.S. The van der Waals surface area contributed by atoms with Gasteiger partial charge in [-0.25, -0.2) is 9.59 Å². The van der Waals surface area contributed by atoms with Gasteiger partial charge in [0.25, 0.3) is 0 Å². The lowest BCUT2D eigenvalue weighted by Gasteiger charge is -2.27. The zero-order valence-corrected chi connectivity index (χ0v) is 26.9. The van der Waals surface area contributed by atoms with Crippen LogP contribution in [-0.2, 0) is 19.1 Å². The van der Waals surface area contributed by atoms with Crippen molar-refractivity contribution >= 4 is 77.7 Å². The van der Waals surface area contributed by atoms with Crippen LogP contribution in [-0.4, -0.2) is 81.1 Å². The third-order valence-electron chi connectivity index (χ3n) is 4.98. The molecule has 2 fully saturated rings. The van der Waals surface area contributed by atoms with Crippen molar-refractivity contribution in [2.75, 3.05) is 13.1 Å². The number of aliphatic hydroxyl groups is 1. The van der Waals surface area contributed by atoms with Crippen LogP contribution in [0.2, 0.25) is 0 Å². The zero-order chi connectivity index (χ0) is 25.0. The minimum absolute atomic E-state index is 0. The number of hydrogen-bond acceptors (Lipinski definition) is 7. The van der Waals surface area contributed by atoms with Gasteiger partial charge in [0.1, 0.15) is 11.2 Å². The maximum Gasteiger partial charge on any atom is 0.410 e. The largest absolute Gasteiger partial charge is 0.444 e. The summed E-state index contributed by atoms with van der Waals surface area (Å²) in [6.45, 7) is 16.5. The van der Waals surface area contributed by atoms with Crippen LogP contribution in [0.4, 0.5) is 9.59 Å². The van der Waals surface area contributed by atoms with E-state index in [1.54, 1.807) is 25.7 Å². The van der Waals surface area contributed by atoms with Gasteiger partial charge in [0.2, 0.25) is 0 Å². The number of β-amino-alcohol motifs (C(OH)–C–C–N with tert-alkyl or cyclic N) is 1. The Morgan fingerprint density at radius 2 is 1.00 bits per heavy atom. The third-order valence-corrected chi connectivity index (χ3v) is 4.98. The minimum Gasteiger partial charge on any atom is -0.444 e. The highest BCUT2D eigenvalue weighted by Crippen LogP contribution is 2.25. The van der Waals surface area contributed by atoms with Crippen LogP contribution >= 0.6 is 54.0 Å². The number of ketones is 2. The molecule has 2 aliphatic rings. The van der Waals surface area contributed by atoms with Gasteiger partial charge in [-0.1, -0.05) is 21.8 Å². The van der Waals surface area contributed by atoms with E-state index >= 15 is 0 Å². The molecule has 0 aliphatic carbocycles. The molecule has 38 heavy (non-hydrogen) atoms. The Labute approximate surface area is 258 Å². The van der Waals surface area contributed by atoms with E-state index < -0.39 is 29.4 Å². The van der Waals surface area contributed by atoms with Crippen LogP contribution in [0.1, 0.15) is 90.0 Å². The third kappa shape index (κ3) is 17.0. The molecule has 1 N–H and O–H groups in total. The second-order valence-electron chi connectivity index (χ2n) is 10.7. The molecule has 2 aliphatic heterocycles. The van der Waals surface area contributed by atoms with Crippen LogP contribution in [0.25, 0.3) is 0 Å². The summed E-state index contributed by atoms with van der Waals surface area (Å²) in [7, 11) is 0. The van der Waals surface area contributed by atoms with Gasteiger partial charge in [0.15, 0.2) is 11.6 Å². The molecule has 0 radical (unpaired) electrons. The first-order valence-corrected chi connectivity index (χ1v) is 11.1. The summed E-state index contributed by atoms with van der Waals surface area (Å²) in [6.07, 6.45) is -0.508. The quantitative estimate of drug-likeness (QED) is 0.465. The van der Waals surface area contributed by atoms with Crippen molar-refractivity contribution in [1.82, 2.24) is 9.80 Å². The van der Waals surface area contributed by atoms with Gasteiger partial charge in [-0.05, 0) is 67.7 Å². The van der Waals surface area contributed by atoms with Crippen LogP contribution in [0, 0.1) is 5.92 Å². The Hall–Kier alpha value is -0.760. The van der Waals surface area contributed by atoms with E-state index in [1.165, 1.54) is 18.7 Å². The van der Waals surface area contributed by atoms with Crippen LogP contribution in [0.5, 0.6) is 0 Å². The van der Waals surface area contributed by atoms with Crippen molar-refractivity contribution in [2.24, 2.45) is 5.92 Å². The van der Waals surface area contributed by atoms with Gasteiger partial charge in [0.05, 0.1) is 24.7 Å². The fourth-order valence-electron chi connectivity index (χ4n) is 3.68. The van der Waals surface area contributed by atoms with E-state index in [0.29, 0.717) is 18.9 Å². The molecule has 0 bridgehead atoms. The Morgan fingerprint density at radius 1 is 0.684 bits per heavy atom. The van der Waals surface area contributed by atoms with Crippen molar-refractivity contribution in [2.45, 2.75) is 119 Å². The predicted octanol–water partition coefficient (Wildman–Crippen LogP) is 4.89. The highest BCUT2D eigenvalue weighted by atomic mass is 32.1. The summed E-state index contributed by atoms with van der Waals surface area (Å²) in [5.74, 6) is 0.277. The van der Waals surface area contributed by atoms with Gasteiger partial charge < -0.3 is 14.6 Å². The molecule has 0 aromatic carbocycles. The molecule has 2 saturated heterocycles. The maximum absolute atomic E-state index is 11.9. The molecular weight excluding hydrogens is 569 g/mol. The predicted molar refractivity (Wildman–Crippen MR) is 174 cm³/mol. The molecule has 0 aromatic rings. The van der Waals surface area contributed by atoms with E-state index in [4.69, 9.17) is 9.47 Å². The van der Waals surface area contributed by atoms with Gasteiger partial charge in [-0.2, -0.15) is 54.0 Å². The van der Waals surface area contributed by atoms with E-state index in [2.05, 4.69) is 0 Å². The second-order valence-corrected chi connectivity index (χ2v) is 10.7. The van der Waals surface area contributed by atoms with Crippen molar-refractivity contribution in [3.05, 3.63) is 0 Å². The molecule has 0 unspecified atom stereocenters. The van der Waals surface area contributed by atoms with Crippen LogP contribution in [0.3, 0.4) is 0 Å². The second kappa shape index (κ2) is 20.2. The lowest BCUT2D eigenvalue weighted by molar-refractivity contribution is -0.121. The first-order valence-electron chi connectivity index (χ1n) is 11.1. The van der Waals surface area contributed by atoms with E-state index in [-0.39, 0.29) is 99.1 Å². The minimum atomic E-state index is -0.638. The van der Waals surface area contributed by atoms with Crippen molar-refractivity contribution < 1.29 is 33.8 Å². The van der Waals surface area contributed by atoms with Gasteiger partial charge in [-0.3, -0.25) is 19.4 Å². The van der Waals surface area contributed by atoms with Crippen LogP contribution < -0.4 is 0 Å². The number of amides is 2. The molecule has 232 valence electrons. The molecule has 2 heterocycles. The number of nitrogens with zero attached hydrogens (tertiary/aromatic N) is 2. The van der Waals surface area contributed by atoms with E-state index in [9.17, 15) is 24.3 Å². The number of ether oxygens (including phenoxy) is 2. The van der Waals surface area contributed by atoms with Crippen molar-refractivity contribution in [3.63, 3.8) is 0 Å². The summed E-state index contributed by atoms with van der Waals surface area (Å²) in [5, 5.41) is 9.46. The zero-order valence-electron chi connectivity index (χ0n) is 22.9. The Kier molecular flexibility index (Phi) is 26.6.